The number of para-hydroxylation sites is 1. The van der Waals surface area contributed by atoms with Gasteiger partial charge < -0.3 is 9.80 Å². The fraction of sp³-hybridized carbons (Fsp3) is 0.308. The predicted molar refractivity (Wildman–Crippen MR) is 130 cm³/mol. The van der Waals surface area contributed by atoms with Crippen molar-refractivity contribution in [3.63, 3.8) is 0 Å². The summed E-state index contributed by atoms with van der Waals surface area (Å²) in [6.07, 6.45) is 3.42. The summed E-state index contributed by atoms with van der Waals surface area (Å²) in [7, 11) is 0. The van der Waals surface area contributed by atoms with Crippen molar-refractivity contribution in [2.75, 3.05) is 31.1 Å². The van der Waals surface area contributed by atoms with Gasteiger partial charge in [-0.05, 0) is 35.2 Å². The van der Waals surface area contributed by atoms with Crippen molar-refractivity contribution in [3.05, 3.63) is 78.2 Å². The van der Waals surface area contributed by atoms with Gasteiger partial charge in [0, 0.05) is 31.7 Å². The molecule has 1 fully saturated rings. The molecule has 1 amide bonds. The lowest BCUT2D eigenvalue weighted by Crippen LogP contribution is -2.49. The first-order valence-electron chi connectivity index (χ1n) is 11.3. The zero-order valence-electron chi connectivity index (χ0n) is 19.3. The number of anilines is 1. The van der Waals surface area contributed by atoms with Crippen molar-refractivity contribution in [1.29, 1.82) is 0 Å². The van der Waals surface area contributed by atoms with Crippen molar-refractivity contribution in [1.82, 2.24) is 24.6 Å². The first kappa shape index (κ1) is 21.1. The number of rotatable bonds is 3. The summed E-state index contributed by atoms with van der Waals surface area (Å²) in [6.45, 7) is 9.27. The molecule has 4 aromatic rings. The van der Waals surface area contributed by atoms with Gasteiger partial charge in [0.05, 0.1) is 17.3 Å². The molecule has 1 aliphatic rings. The molecule has 0 saturated carbocycles. The minimum absolute atomic E-state index is 0.0738. The summed E-state index contributed by atoms with van der Waals surface area (Å²) >= 11 is 0. The number of carbonyl (C=O) groups excluding carboxylic acids is 1. The van der Waals surface area contributed by atoms with E-state index in [1.54, 1.807) is 6.33 Å². The largest absolute Gasteiger partial charge is 0.352 e. The van der Waals surface area contributed by atoms with Gasteiger partial charge in [0.15, 0.2) is 5.65 Å². The highest BCUT2D eigenvalue weighted by atomic mass is 16.2. The number of benzene rings is 2. The lowest BCUT2D eigenvalue weighted by Gasteiger charge is -2.35. The minimum Gasteiger partial charge on any atom is -0.352 e. The second kappa shape index (κ2) is 8.31. The highest BCUT2D eigenvalue weighted by Crippen LogP contribution is 2.26. The third-order valence-corrected chi connectivity index (χ3v) is 6.21. The average molecular weight is 441 g/mol. The van der Waals surface area contributed by atoms with E-state index < -0.39 is 0 Å². The Morgan fingerprint density at radius 3 is 2.24 bits per heavy atom. The molecular formula is C26H28N6O. The summed E-state index contributed by atoms with van der Waals surface area (Å²) in [4.78, 5) is 26.2. The van der Waals surface area contributed by atoms with Gasteiger partial charge in [-0.15, -0.1) is 0 Å². The zero-order chi connectivity index (χ0) is 23.0. The number of fused-ring (bicyclic) bond motifs is 1. The molecule has 0 bridgehead atoms. The highest BCUT2D eigenvalue weighted by Gasteiger charge is 2.25. The van der Waals surface area contributed by atoms with Crippen LogP contribution in [0.4, 0.5) is 5.82 Å². The Hall–Kier alpha value is -3.74. The molecule has 0 atom stereocenters. The number of hydrogen-bond acceptors (Lipinski definition) is 5. The maximum atomic E-state index is 13.0. The Kier molecular flexibility index (Phi) is 5.32. The summed E-state index contributed by atoms with van der Waals surface area (Å²) < 4.78 is 1.83. The molecule has 1 aliphatic heterocycles. The first-order valence-corrected chi connectivity index (χ1v) is 11.3. The van der Waals surface area contributed by atoms with E-state index in [-0.39, 0.29) is 11.3 Å². The van der Waals surface area contributed by atoms with E-state index in [9.17, 15) is 4.79 Å². The fourth-order valence-corrected chi connectivity index (χ4v) is 4.26. The number of piperazine rings is 1. The second-order valence-electron chi connectivity index (χ2n) is 9.43. The van der Waals surface area contributed by atoms with E-state index in [4.69, 9.17) is 0 Å². The predicted octanol–water partition coefficient (Wildman–Crippen LogP) is 4.08. The Morgan fingerprint density at radius 2 is 1.58 bits per heavy atom. The van der Waals surface area contributed by atoms with Crippen molar-refractivity contribution in [3.8, 4) is 5.69 Å². The van der Waals surface area contributed by atoms with E-state index in [1.165, 1.54) is 5.56 Å². The second-order valence-corrected chi connectivity index (χ2v) is 9.43. The van der Waals surface area contributed by atoms with E-state index in [1.807, 2.05) is 58.2 Å². The molecule has 0 aliphatic carbocycles. The Labute approximate surface area is 193 Å². The molecule has 7 nitrogen and oxygen atoms in total. The lowest BCUT2D eigenvalue weighted by molar-refractivity contribution is 0.0746. The van der Waals surface area contributed by atoms with Crippen LogP contribution in [0.1, 0.15) is 36.7 Å². The van der Waals surface area contributed by atoms with Gasteiger partial charge in [-0.3, -0.25) is 4.79 Å². The van der Waals surface area contributed by atoms with Crippen LogP contribution < -0.4 is 4.90 Å². The van der Waals surface area contributed by atoms with Crippen LogP contribution >= 0.6 is 0 Å². The van der Waals surface area contributed by atoms with Crippen LogP contribution in [-0.4, -0.2) is 56.7 Å². The van der Waals surface area contributed by atoms with Crippen LogP contribution in [0.2, 0.25) is 0 Å². The van der Waals surface area contributed by atoms with Crippen molar-refractivity contribution >= 4 is 22.8 Å². The SMILES string of the molecule is CC(C)(C)c1ccc(C(=O)N2CCN(c3ncnc4c3cnn4-c3ccccc3)CC2)cc1. The number of nitrogens with zero attached hydrogens (tertiary/aromatic N) is 6. The van der Waals surface area contributed by atoms with E-state index in [0.29, 0.717) is 26.2 Å². The quantitative estimate of drug-likeness (QED) is 0.480. The standard InChI is InChI=1S/C26H28N6O/c1-26(2,3)20-11-9-19(10-12-20)25(33)31-15-13-30(14-16-31)23-22-17-29-32(24(22)28-18-27-23)21-7-5-4-6-8-21/h4-12,17-18H,13-16H2,1-3H3. The van der Waals surface area contributed by atoms with Crippen LogP contribution in [0.25, 0.3) is 16.7 Å². The molecule has 33 heavy (non-hydrogen) atoms. The van der Waals surface area contributed by atoms with Crippen LogP contribution in [-0.2, 0) is 5.41 Å². The maximum Gasteiger partial charge on any atom is 0.253 e. The Balaban J connectivity index is 1.31. The number of amides is 1. The van der Waals surface area contributed by atoms with Gasteiger partial charge in [-0.1, -0.05) is 51.1 Å². The molecule has 2 aromatic heterocycles. The first-order chi connectivity index (χ1) is 15.9. The average Bonchev–Trinajstić information content (AvgIpc) is 3.28. The third kappa shape index (κ3) is 4.06. The Bertz CT molecular complexity index is 1270. The number of aromatic nitrogens is 4. The lowest BCUT2D eigenvalue weighted by atomic mass is 9.86. The maximum absolute atomic E-state index is 13.0. The van der Waals surface area contributed by atoms with Crippen molar-refractivity contribution in [2.24, 2.45) is 0 Å². The summed E-state index contributed by atoms with van der Waals surface area (Å²) in [6, 6.07) is 18.0. The molecule has 1 saturated heterocycles. The van der Waals surface area contributed by atoms with Gasteiger partial charge in [-0.2, -0.15) is 5.10 Å². The van der Waals surface area contributed by atoms with Gasteiger partial charge in [0.2, 0.25) is 0 Å². The molecule has 0 radical (unpaired) electrons. The topological polar surface area (TPSA) is 67.2 Å². The van der Waals surface area contributed by atoms with Crippen LogP contribution in [0, 0.1) is 0 Å². The third-order valence-electron chi connectivity index (χ3n) is 6.21. The molecular weight excluding hydrogens is 412 g/mol. The summed E-state index contributed by atoms with van der Waals surface area (Å²) in [5.41, 5.74) is 3.79. The molecule has 0 N–H and O–H groups in total. The van der Waals surface area contributed by atoms with E-state index in [2.05, 4.69) is 52.9 Å². The van der Waals surface area contributed by atoms with E-state index >= 15 is 0 Å². The molecule has 7 heteroatoms. The summed E-state index contributed by atoms with van der Waals surface area (Å²) in [5, 5.41) is 5.47. The zero-order valence-corrected chi connectivity index (χ0v) is 19.3. The van der Waals surface area contributed by atoms with Crippen LogP contribution in [0.5, 0.6) is 0 Å². The smallest absolute Gasteiger partial charge is 0.253 e. The Morgan fingerprint density at radius 1 is 0.879 bits per heavy atom. The molecule has 5 rings (SSSR count). The van der Waals surface area contributed by atoms with E-state index in [0.717, 1.165) is 28.1 Å². The van der Waals surface area contributed by atoms with Gasteiger partial charge in [-0.25, -0.2) is 14.6 Å². The molecule has 168 valence electrons. The van der Waals surface area contributed by atoms with Gasteiger partial charge >= 0.3 is 0 Å². The minimum atomic E-state index is 0.0738. The van der Waals surface area contributed by atoms with Crippen LogP contribution in [0.3, 0.4) is 0 Å². The highest BCUT2D eigenvalue weighted by molar-refractivity contribution is 5.94. The molecule has 0 unspecified atom stereocenters. The van der Waals surface area contributed by atoms with Crippen LogP contribution in [0.15, 0.2) is 67.1 Å². The normalized spacial score (nSPS) is 14.6. The fourth-order valence-electron chi connectivity index (χ4n) is 4.26. The summed E-state index contributed by atoms with van der Waals surface area (Å²) in [5.74, 6) is 0.948. The molecule has 3 heterocycles. The van der Waals surface area contributed by atoms with Gasteiger partial charge in [0.1, 0.15) is 12.1 Å². The molecule has 0 spiro atoms. The monoisotopic (exact) mass is 440 g/mol. The van der Waals surface area contributed by atoms with Crippen molar-refractivity contribution < 1.29 is 4.79 Å². The number of hydrogen-bond donors (Lipinski definition) is 0. The van der Waals surface area contributed by atoms with Gasteiger partial charge in [0.25, 0.3) is 5.91 Å². The van der Waals surface area contributed by atoms with Crippen molar-refractivity contribution in [2.45, 2.75) is 26.2 Å². The number of carbonyl (C=O) groups is 1. The molecule has 2 aromatic carbocycles.